The topological polar surface area (TPSA) is 80.9 Å². The molecule has 6 heteroatoms. The minimum atomic E-state index is -0.971. The number of rotatable bonds is 4. The van der Waals surface area contributed by atoms with Crippen LogP contribution in [-0.2, 0) is 0 Å². The molecule has 1 unspecified atom stereocenters. The zero-order valence-corrected chi connectivity index (χ0v) is 12.7. The molecule has 4 rings (SSSR count). The van der Waals surface area contributed by atoms with Crippen LogP contribution in [0.1, 0.15) is 36.2 Å². The van der Waals surface area contributed by atoms with Crippen LogP contribution in [0.3, 0.4) is 0 Å². The molecule has 0 aromatic carbocycles. The van der Waals surface area contributed by atoms with Crippen molar-refractivity contribution in [2.24, 2.45) is 5.92 Å². The highest BCUT2D eigenvalue weighted by Crippen LogP contribution is 2.40. The van der Waals surface area contributed by atoms with Gasteiger partial charge in [-0.1, -0.05) is 0 Å². The summed E-state index contributed by atoms with van der Waals surface area (Å²) in [5, 5.41) is 14.5. The van der Waals surface area contributed by atoms with Crippen molar-refractivity contribution >= 4 is 17.0 Å². The maximum absolute atomic E-state index is 11.6. The summed E-state index contributed by atoms with van der Waals surface area (Å²) < 4.78 is 1.86. The molecule has 1 saturated carbocycles. The number of nitrogens with zero attached hydrogens (tertiary/aromatic N) is 4. The Kier molecular flexibility index (Phi) is 3.11. The molecule has 3 heterocycles. The standard InChI is InChI=1S/C17H16N4O2/c1-10(11-4-5-11)21-16-14(9-19-21)13(17(22)23)7-15(20-16)12-3-2-6-18-8-12/h2-3,6-11H,4-5H2,1H3,(H,22,23). The minimum absolute atomic E-state index is 0.225. The van der Waals surface area contributed by atoms with E-state index in [9.17, 15) is 9.90 Å². The van der Waals surface area contributed by atoms with E-state index in [-0.39, 0.29) is 11.6 Å². The zero-order valence-electron chi connectivity index (χ0n) is 12.7. The second-order valence-corrected chi connectivity index (χ2v) is 6.01. The lowest BCUT2D eigenvalue weighted by molar-refractivity contribution is 0.0699. The van der Waals surface area contributed by atoms with Gasteiger partial charge in [0.05, 0.1) is 28.9 Å². The van der Waals surface area contributed by atoms with Gasteiger partial charge < -0.3 is 5.11 Å². The summed E-state index contributed by atoms with van der Waals surface area (Å²) >= 11 is 0. The van der Waals surface area contributed by atoms with E-state index in [2.05, 4.69) is 22.0 Å². The first-order valence-corrected chi connectivity index (χ1v) is 7.67. The normalized spacial score (nSPS) is 15.7. The Balaban J connectivity index is 1.94. The molecule has 1 aliphatic carbocycles. The van der Waals surface area contributed by atoms with E-state index in [1.165, 1.54) is 12.8 Å². The average Bonchev–Trinajstić information content (AvgIpc) is 3.33. The molecule has 23 heavy (non-hydrogen) atoms. The van der Waals surface area contributed by atoms with Crippen LogP contribution < -0.4 is 0 Å². The van der Waals surface area contributed by atoms with Gasteiger partial charge in [0.15, 0.2) is 5.65 Å². The van der Waals surface area contributed by atoms with Crippen molar-refractivity contribution < 1.29 is 9.90 Å². The number of pyridine rings is 2. The highest BCUT2D eigenvalue weighted by atomic mass is 16.4. The smallest absolute Gasteiger partial charge is 0.336 e. The van der Waals surface area contributed by atoms with Gasteiger partial charge in [-0.05, 0) is 43.9 Å². The molecule has 1 fully saturated rings. The molecule has 0 saturated heterocycles. The monoisotopic (exact) mass is 308 g/mol. The predicted octanol–water partition coefficient (Wildman–Crippen LogP) is 3.16. The van der Waals surface area contributed by atoms with Crippen LogP contribution in [-0.4, -0.2) is 30.8 Å². The Morgan fingerprint density at radius 1 is 1.39 bits per heavy atom. The molecular formula is C17H16N4O2. The quantitative estimate of drug-likeness (QED) is 0.800. The summed E-state index contributed by atoms with van der Waals surface area (Å²) in [5.41, 5.74) is 2.25. The minimum Gasteiger partial charge on any atom is -0.478 e. The number of aromatic nitrogens is 4. The molecule has 1 atom stereocenters. The fourth-order valence-corrected chi connectivity index (χ4v) is 2.93. The van der Waals surface area contributed by atoms with Gasteiger partial charge in [-0.15, -0.1) is 0 Å². The second kappa shape index (κ2) is 5.15. The molecule has 0 bridgehead atoms. The van der Waals surface area contributed by atoms with Gasteiger partial charge in [-0.3, -0.25) is 4.98 Å². The lowest BCUT2D eigenvalue weighted by Gasteiger charge is -2.12. The first-order chi connectivity index (χ1) is 11.1. The molecule has 116 valence electrons. The van der Waals surface area contributed by atoms with Crippen LogP contribution in [0.2, 0.25) is 0 Å². The Morgan fingerprint density at radius 2 is 2.22 bits per heavy atom. The highest BCUT2D eigenvalue weighted by Gasteiger charge is 2.31. The van der Waals surface area contributed by atoms with Gasteiger partial charge >= 0.3 is 5.97 Å². The summed E-state index contributed by atoms with van der Waals surface area (Å²) in [7, 11) is 0. The Hall–Kier alpha value is -2.76. The average molecular weight is 308 g/mol. The summed E-state index contributed by atoms with van der Waals surface area (Å²) in [4.78, 5) is 20.4. The number of carbonyl (C=O) groups is 1. The largest absolute Gasteiger partial charge is 0.478 e. The molecule has 0 spiro atoms. The van der Waals surface area contributed by atoms with Gasteiger partial charge in [0.2, 0.25) is 0 Å². The van der Waals surface area contributed by atoms with Crippen LogP contribution >= 0.6 is 0 Å². The molecule has 0 radical (unpaired) electrons. The van der Waals surface area contributed by atoms with E-state index < -0.39 is 5.97 Å². The fraction of sp³-hybridized carbons (Fsp3) is 0.294. The second-order valence-electron chi connectivity index (χ2n) is 6.01. The molecule has 0 amide bonds. The van der Waals surface area contributed by atoms with E-state index in [1.807, 2.05) is 16.8 Å². The third kappa shape index (κ3) is 2.36. The van der Waals surface area contributed by atoms with Crippen LogP contribution in [0.4, 0.5) is 0 Å². The predicted molar refractivity (Wildman–Crippen MR) is 85.2 cm³/mol. The van der Waals surface area contributed by atoms with Crippen LogP contribution in [0, 0.1) is 5.92 Å². The van der Waals surface area contributed by atoms with Crippen molar-refractivity contribution in [2.45, 2.75) is 25.8 Å². The van der Waals surface area contributed by atoms with E-state index >= 15 is 0 Å². The van der Waals surface area contributed by atoms with Crippen molar-refractivity contribution in [3.05, 3.63) is 42.4 Å². The number of aromatic carboxylic acids is 1. The first-order valence-electron chi connectivity index (χ1n) is 7.67. The highest BCUT2D eigenvalue weighted by molar-refractivity contribution is 6.02. The van der Waals surface area contributed by atoms with Crippen LogP contribution in [0.15, 0.2) is 36.8 Å². The van der Waals surface area contributed by atoms with E-state index in [4.69, 9.17) is 0 Å². The van der Waals surface area contributed by atoms with Gasteiger partial charge in [0.25, 0.3) is 0 Å². The number of hydrogen-bond donors (Lipinski definition) is 1. The molecule has 6 nitrogen and oxygen atoms in total. The van der Waals surface area contributed by atoms with Gasteiger partial charge in [-0.25, -0.2) is 14.5 Å². The van der Waals surface area contributed by atoms with Crippen LogP contribution in [0.25, 0.3) is 22.3 Å². The third-order valence-corrected chi connectivity index (χ3v) is 4.44. The van der Waals surface area contributed by atoms with Crippen LogP contribution in [0.5, 0.6) is 0 Å². The fourth-order valence-electron chi connectivity index (χ4n) is 2.93. The summed E-state index contributed by atoms with van der Waals surface area (Å²) in [6.07, 6.45) is 7.36. The van der Waals surface area contributed by atoms with E-state index in [1.54, 1.807) is 24.7 Å². The van der Waals surface area contributed by atoms with Crippen molar-refractivity contribution in [1.29, 1.82) is 0 Å². The van der Waals surface area contributed by atoms with Gasteiger partial charge in [-0.2, -0.15) is 5.10 Å². The molecule has 1 aliphatic rings. The number of carboxylic acid groups (broad SMARTS) is 1. The molecule has 0 aliphatic heterocycles. The van der Waals surface area contributed by atoms with Gasteiger partial charge in [0.1, 0.15) is 0 Å². The first kappa shape index (κ1) is 13.9. The zero-order chi connectivity index (χ0) is 16.0. The Morgan fingerprint density at radius 3 is 2.87 bits per heavy atom. The summed E-state index contributed by atoms with van der Waals surface area (Å²) in [6.45, 7) is 2.11. The lowest BCUT2D eigenvalue weighted by atomic mass is 10.1. The molecule has 1 N–H and O–H groups in total. The Labute approximate surface area is 132 Å². The Bertz CT molecular complexity index is 884. The molecule has 3 aromatic rings. The summed E-state index contributed by atoms with van der Waals surface area (Å²) in [6, 6.07) is 5.50. The van der Waals surface area contributed by atoms with Crippen molar-refractivity contribution in [1.82, 2.24) is 19.7 Å². The molecular weight excluding hydrogens is 292 g/mol. The SMILES string of the molecule is CC(C1CC1)n1ncc2c(C(=O)O)cc(-c3cccnc3)nc21. The van der Waals surface area contributed by atoms with Crippen molar-refractivity contribution in [3.8, 4) is 11.3 Å². The molecule has 3 aromatic heterocycles. The summed E-state index contributed by atoms with van der Waals surface area (Å²) in [5.74, 6) is -0.364. The van der Waals surface area contributed by atoms with E-state index in [0.717, 1.165) is 5.56 Å². The lowest BCUT2D eigenvalue weighted by Crippen LogP contribution is -2.10. The maximum atomic E-state index is 11.6. The maximum Gasteiger partial charge on any atom is 0.336 e. The van der Waals surface area contributed by atoms with E-state index in [0.29, 0.717) is 22.6 Å². The number of fused-ring (bicyclic) bond motifs is 1. The van der Waals surface area contributed by atoms with Crippen molar-refractivity contribution in [2.75, 3.05) is 0 Å². The number of carboxylic acids is 1. The number of hydrogen-bond acceptors (Lipinski definition) is 4. The van der Waals surface area contributed by atoms with Gasteiger partial charge in [0, 0.05) is 18.0 Å². The third-order valence-electron chi connectivity index (χ3n) is 4.44. The van der Waals surface area contributed by atoms with Crippen molar-refractivity contribution in [3.63, 3.8) is 0 Å².